The molecule has 0 aliphatic heterocycles. The molecule has 0 unspecified atom stereocenters. The second-order valence-corrected chi connectivity index (χ2v) is 4.32. The molecule has 4 heteroatoms. The molecule has 0 aliphatic rings. The van der Waals surface area contributed by atoms with Gasteiger partial charge in [-0.3, -0.25) is 4.79 Å². The monoisotopic (exact) mass is 254 g/mol. The third-order valence-electron chi connectivity index (χ3n) is 2.53. The van der Waals surface area contributed by atoms with Crippen LogP contribution < -0.4 is 10.6 Å². The average Bonchev–Trinajstić information content (AvgIpc) is 2.29. The average molecular weight is 255 g/mol. The Hall–Kier alpha value is -1.06. The van der Waals surface area contributed by atoms with E-state index in [2.05, 4.69) is 10.6 Å². The predicted octanol–water partition coefficient (Wildman–Crippen LogP) is 2.52. The Kier molecular flexibility index (Phi) is 6.01. The summed E-state index contributed by atoms with van der Waals surface area (Å²) in [6.45, 7) is 5.54. The van der Waals surface area contributed by atoms with Crippen molar-refractivity contribution in [3.63, 3.8) is 0 Å². The standard InChI is InChI=1S/C13H19ClN2O/c1-3-15-9-8-13(17)16-10(2)11-6-4-5-7-12(11)14/h4-7,10,15H,3,8-9H2,1-2H3,(H,16,17)/t10-/m0/s1. The summed E-state index contributed by atoms with van der Waals surface area (Å²) in [5, 5.41) is 6.74. The molecule has 2 N–H and O–H groups in total. The van der Waals surface area contributed by atoms with E-state index in [4.69, 9.17) is 11.6 Å². The van der Waals surface area contributed by atoms with E-state index in [1.165, 1.54) is 0 Å². The minimum Gasteiger partial charge on any atom is -0.349 e. The second-order valence-electron chi connectivity index (χ2n) is 3.91. The van der Waals surface area contributed by atoms with Gasteiger partial charge in [-0.25, -0.2) is 0 Å². The van der Waals surface area contributed by atoms with Gasteiger partial charge >= 0.3 is 0 Å². The number of amides is 1. The van der Waals surface area contributed by atoms with Gasteiger partial charge < -0.3 is 10.6 Å². The lowest BCUT2D eigenvalue weighted by Crippen LogP contribution is -2.29. The van der Waals surface area contributed by atoms with Crippen molar-refractivity contribution in [2.45, 2.75) is 26.3 Å². The lowest BCUT2D eigenvalue weighted by Gasteiger charge is -2.15. The van der Waals surface area contributed by atoms with Gasteiger partial charge in [0.25, 0.3) is 0 Å². The number of carbonyl (C=O) groups excluding carboxylic acids is 1. The van der Waals surface area contributed by atoms with Crippen molar-refractivity contribution in [2.24, 2.45) is 0 Å². The van der Waals surface area contributed by atoms with E-state index in [-0.39, 0.29) is 11.9 Å². The van der Waals surface area contributed by atoms with Crippen molar-refractivity contribution in [2.75, 3.05) is 13.1 Å². The summed E-state index contributed by atoms with van der Waals surface area (Å²) in [6.07, 6.45) is 0.489. The molecule has 94 valence electrons. The van der Waals surface area contributed by atoms with Crippen LogP contribution in [-0.2, 0) is 4.79 Å². The number of rotatable bonds is 6. The SMILES string of the molecule is CCNCCC(=O)N[C@@H](C)c1ccccc1Cl. The molecule has 1 aromatic carbocycles. The normalized spacial score (nSPS) is 12.2. The molecule has 1 amide bonds. The van der Waals surface area contributed by atoms with Gasteiger partial charge in [0.15, 0.2) is 0 Å². The van der Waals surface area contributed by atoms with Crippen molar-refractivity contribution in [1.29, 1.82) is 0 Å². The lowest BCUT2D eigenvalue weighted by molar-refractivity contribution is -0.121. The Morgan fingerprint density at radius 1 is 1.41 bits per heavy atom. The molecule has 0 aromatic heterocycles. The quantitative estimate of drug-likeness (QED) is 0.766. The third-order valence-corrected chi connectivity index (χ3v) is 2.87. The summed E-state index contributed by atoms with van der Waals surface area (Å²) in [4.78, 5) is 11.6. The summed E-state index contributed by atoms with van der Waals surface area (Å²) in [5.41, 5.74) is 0.950. The van der Waals surface area contributed by atoms with E-state index in [0.29, 0.717) is 18.0 Å². The van der Waals surface area contributed by atoms with E-state index >= 15 is 0 Å². The van der Waals surface area contributed by atoms with Crippen LogP contribution in [0.15, 0.2) is 24.3 Å². The zero-order valence-corrected chi connectivity index (χ0v) is 11.1. The number of halogens is 1. The van der Waals surface area contributed by atoms with Gasteiger partial charge in [0.05, 0.1) is 6.04 Å². The molecule has 0 aliphatic carbocycles. The largest absolute Gasteiger partial charge is 0.349 e. The number of hydrogen-bond donors (Lipinski definition) is 2. The van der Waals surface area contributed by atoms with E-state index in [1.54, 1.807) is 0 Å². The number of nitrogens with one attached hydrogen (secondary N) is 2. The van der Waals surface area contributed by atoms with Crippen LogP contribution in [0.2, 0.25) is 5.02 Å². The van der Waals surface area contributed by atoms with Crippen LogP contribution >= 0.6 is 11.6 Å². The maximum Gasteiger partial charge on any atom is 0.221 e. The van der Waals surface area contributed by atoms with Gasteiger partial charge in [-0.2, -0.15) is 0 Å². The topological polar surface area (TPSA) is 41.1 Å². The van der Waals surface area contributed by atoms with E-state index in [0.717, 1.165) is 12.1 Å². The fourth-order valence-electron chi connectivity index (χ4n) is 1.60. The van der Waals surface area contributed by atoms with Gasteiger partial charge in [-0.05, 0) is 25.1 Å². The minimum absolute atomic E-state index is 0.0402. The molecule has 1 atom stereocenters. The van der Waals surface area contributed by atoms with Crippen LogP contribution in [0, 0.1) is 0 Å². The summed E-state index contributed by atoms with van der Waals surface area (Å²) < 4.78 is 0. The highest BCUT2D eigenvalue weighted by Gasteiger charge is 2.11. The molecule has 1 rings (SSSR count). The maximum absolute atomic E-state index is 11.6. The van der Waals surface area contributed by atoms with E-state index in [9.17, 15) is 4.79 Å². The number of benzene rings is 1. The molecule has 0 saturated carbocycles. The van der Waals surface area contributed by atoms with Crippen molar-refractivity contribution in [3.8, 4) is 0 Å². The molecule has 0 fully saturated rings. The van der Waals surface area contributed by atoms with Crippen molar-refractivity contribution in [3.05, 3.63) is 34.9 Å². The first kappa shape index (κ1) is 14.0. The molecule has 0 spiro atoms. The molecular weight excluding hydrogens is 236 g/mol. The van der Waals surface area contributed by atoms with Crippen LogP contribution in [0.4, 0.5) is 0 Å². The summed E-state index contributed by atoms with van der Waals surface area (Å²) >= 11 is 6.07. The first-order chi connectivity index (χ1) is 8.15. The highest BCUT2D eigenvalue weighted by atomic mass is 35.5. The highest BCUT2D eigenvalue weighted by molar-refractivity contribution is 6.31. The van der Waals surface area contributed by atoms with Crippen LogP contribution in [0.1, 0.15) is 31.9 Å². The fraction of sp³-hybridized carbons (Fsp3) is 0.462. The van der Waals surface area contributed by atoms with E-state index < -0.39 is 0 Å². The molecule has 17 heavy (non-hydrogen) atoms. The molecule has 0 radical (unpaired) electrons. The molecule has 0 heterocycles. The Morgan fingerprint density at radius 3 is 2.76 bits per heavy atom. The first-order valence-corrected chi connectivity index (χ1v) is 6.27. The fourth-order valence-corrected chi connectivity index (χ4v) is 1.90. The number of hydrogen-bond acceptors (Lipinski definition) is 2. The van der Waals surface area contributed by atoms with Crippen molar-refractivity contribution < 1.29 is 4.79 Å². The van der Waals surface area contributed by atoms with E-state index in [1.807, 2.05) is 38.1 Å². The van der Waals surface area contributed by atoms with Gasteiger partial charge in [-0.1, -0.05) is 36.7 Å². The third kappa shape index (κ3) is 4.75. The Bertz CT molecular complexity index is 368. The van der Waals surface area contributed by atoms with Crippen LogP contribution in [-0.4, -0.2) is 19.0 Å². The Morgan fingerprint density at radius 2 is 2.12 bits per heavy atom. The molecule has 0 saturated heterocycles. The zero-order valence-electron chi connectivity index (χ0n) is 10.3. The number of carbonyl (C=O) groups is 1. The summed E-state index contributed by atoms with van der Waals surface area (Å²) in [6, 6.07) is 7.50. The highest BCUT2D eigenvalue weighted by Crippen LogP contribution is 2.21. The summed E-state index contributed by atoms with van der Waals surface area (Å²) in [7, 11) is 0. The van der Waals surface area contributed by atoms with Gasteiger partial charge in [0, 0.05) is 18.0 Å². The van der Waals surface area contributed by atoms with Crippen LogP contribution in [0.25, 0.3) is 0 Å². The van der Waals surface area contributed by atoms with Crippen LogP contribution in [0.3, 0.4) is 0 Å². The van der Waals surface area contributed by atoms with Gasteiger partial charge in [0.2, 0.25) is 5.91 Å². The summed E-state index contributed by atoms with van der Waals surface area (Å²) in [5.74, 6) is 0.0402. The Labute approximate surface area is 108 Å². The Balaban J connectivity index is 2.46. The second kappa shape index (κ2) is 7.30. The molecule has 1 aromatic rings. The van der Waals surface area contributed by atoms with Gasteiger partial charge in [0.1, 0.15) is 0 Å². The predicted molar refractivity (Wildman–Crippen MR) is 71.2 cm³/mol. The molecule has 0 bridgehead atoms. The minimum atomic E-state index is -0.0576. The van der Waals surface area contributed by atoms with Gasteiger partial charge in [-0.15, -0.1) is 0 Å². The smallest absolute Gasteiger partial charge is 0.221 e. The van der Waals surface area contributed by atoms with Crippen molar-refractivity contribution >= 4 is 17.5 Å². The zero-order chi connectivity index (χ0) is 12.7. The molecular formula is C13H19ClN2O. The van der Waals surface area contributed by atoms with Crippen molar-refractivity contribution in [1.82, 2.24) is 10.6 Å². The first-order valence-electron chi connectivity index (χ1n) is 5.89. The maximum atomic E-state index is 11.6. The lowest BCUT2D eigenvalue weighted by atomic mass is 10.1. The molecule has 3 nitrogen and oxygen atoms in total. The van der Waals surface area contributed by atoms with Crippen LogP contribution in [0.5, 0.6) is 0 Å².